The average molecular weight is 409 g/mol. The van der Waals surface area contributed by atoms with Gasteiger partial charge in [-0.1, -0.05) is 31.9 Å². The van der Waals surface area contributed by atoms with Crippen molar-refractivity contribution in [1.29, 1.82) is 0 Å². The minimum atomic E-state index is -3.96. The molecule has 0 amide bonds. The van der Waals surface area contributed by atoms with Gasteiger partial charge in [0.1, 0.15) is 4.84 Å². The number of phosphoric ester groups is 1. The molecule has 1 atom stereocenters. The van der Waals surface area contributed by atoms with Crippen molar-refractivity contribution in [2.75, 3.05) is 13.2 Å². The van der Waals surface area contributed by atoms with E-state index >= 15 is 0 Å². The molecule has 0 radical (unpaired) electrons. The zero-order valence-corrected chi connectivity index (χ0v) is 13.2. The third-order valence-corrected chi connectivity index (χ3v) is 3.55. The van der Waals surface area contributed by atoms with Gasteiger partial charge in [-0.05, 0) is 6.42 Å². The van der Waals surface area contributed by atoms with E-state index in [1.165, 1.54) is 0 Å². The van der Waals surface area contributed by atoms with Crippen molar-refractivity contribution in [3.8, 4) is 0 Å². The van der Waals surface area contributed by atoms with Crippen molar-refractivity contribution in [3.05, 3.63) is 0 Å². The molecular formula is C6H11Br2Cl2O4P. The highest BCUT2D eigenvalue weighted by Gasteiger charge is 2.21. The van der Waals surface area contributed by atoms with Gasteiger partial charge in [-0.2, -0.15) is 0 Å². The van der Waals surface area contributed by atoms with E-state index in [-0.39, 0.29) is 23.4 Å². The Hall–Kier alpha value is 1.65. The van der Waals surface area contributed by atoms with Crippen molar-refractivity contribution in [1.82, 2.24) is 0 Å². The van der Waals surface area contributed by atoms with Gasteiger partial charge in [0.2, 0.25) is 0 Å². The van der Waals surface area contributed by atoms with Gasteiger partial charge in [-0.3, -0.25) is 9.05 Å². The molecule has 0 saturated heterocycles. The number of hydrogen-bond acceptors (Lipinski definition) is 3. The van der Waals surface area contributed by atoms with Crippen molar-refractivity contribution in [2.24, 2.45) is 0 Å². The van der Waals surface area contributed by atoms with E-state index in [4.69, 9.17) is 28.1 Å². The Kier molecular flexibility index (Phi) is 9.66. The molecule has 0 aromatic carbocycles. The highest BCUT2D eigenvalue weighted by Crippen LogP contribution is 2.43. The second-order valence-corrected chi connectivity index (χ2v) is 8.66. The topological polar surface area (TPSA) is 55.8 Å². The Morgan fingerprint density at radius 1 is 1.20 bits per heavy atom. The molecule has 0 aliphatic heterocycles. The Bertz CT molecular complexity index is 199. The molecule has 4 nitrogen and oxygen atoms in total. The maximum Gasteiger partial charge on any atom is 0.472 e. The van der Waals surface area contributed by atoms with Crippen LogP contribution in [0.25, 0.3) is 0 Å². The lowest BCUT2D eigenvalue weighted by Gasteiger charge is -2.12. The average Bonchev–Trinajstić information content (AvgIpc) is 2.01. The van der Waals surface area contributed by atoms with Crippen LogP contribution in [0.4, 0.5) is 0 Å². The van der Waals surface area contributed by atoms with E-state index in [2.05, 4.69) is 40.9 Å². The fourth-order valence-electron chi connectivity index (χ4n) is 0.552. The first kappa shape index (κ1) is 16.6. The van der Waals surface area contributed by atoms with Gasteiger partial charge < -0.3 is 4.89 Å². The molecule has 92 valence electrons. The van der Waals surface area contributed by atoms with Gasteiger partial charge in [-0.15, -0.1) is 23.2 Å². The highest BCUT2D eigenvalue weighted by molar-refractivity contribution is 9.24. The molecule has 0 aliphatic carbocycles. The summed E-state index contributed by atoms with van der Waals surface area (Å²) in [6.07, 6.45) is 0.818. The van der Waals surface area contributed by atoms with E-state index < -0.39 is 12.7 Å². The van der Waals surface area contributed by atoms with E-state index in [1.807, 2.05) is 0 Å². The summed E-state index contributed by atoms with van der Waals surface area (Å²) in [6, 6.07) is 0. The van der Waals surface area contributed by atoms with E-state index in [0.29, 0.717) is 6.42 Å². The summed E-state index contributed by atoms with van der Waals surface area (Å²) in [5.41, 5.74) is 0. The summed E-state index contributed by atoms with van der Waals surface area (Å²) < 4.78 is 20.5. The molecule has 9 heteroatoms. The van der Waals surface area contributed by atoms with Crippen molar-refractivity contribution in [3.63, 3.8) is 0 Å². The Balaban J connectivity index is 3.63. The Morgan fingerprint density at radius 3 is 2.07 bits per heavy atom. The molecule has 0 aromatic heterocycles. The van der Waals surface area contributed by atoms with E-state index in [9.17, 15) is 4.57 Å². The highest BCUT2D eigenvalue weighted by atomic mass is 79.9. The predicted molar refractivity (Wildman–Crippen MR) is 68.1 cm³/mol. The Labute approximate surface area is 115 Å². The minimum Gasteiger partial charge on any atom is -0.302 e. The molecule has 0 aliphatic rings. The maximum atomic E-state index is 11.2. The van der Waals surface area contributed by atoms with Crippen molar-refractivity contribution < 1.29 is 18.5 Å². The number of phosphoric acid groups is 1. The van der Waals surface area contributed by atoms with Crippen molar-refractivity contribution in [2.45, 2.75) is 21.4 Å². The summed E-state index contributed by atoms with van der Waals surface area (Å²) >= 11 is 17.2. The quantitative estimate of drug-likeness (QED) is 0.490. The molecule has 1 unspecified atom stereocenters. The summed E-state index contributed by atoms with van der Waals surface area (Å²) in [4.78, 5) is 8.52. The number of halogens is 4. The molecule has 0 fully saturated rings. The largest absolute Gasteiger partial charge is 0.472 e. The third-order valence-electron chi connectivity index (χ3n) is 1.18. The van der Waals surface area contributed by atoms with Crippen LogP contribution < -0.4 is 0 Å². The van der Waals surface area contributed by atoms with Crippen LogP contribution in [0, 0.1) is 0 Å². The Morgan fingerprint density at radius 2 is 1.67 bits per heavy atom. The predicted octanol–water partition coefficient (Wildman–Crippen LogP) is 3.82. The van der Waals surface area contributed by atoms with Crippen LogP contribution in [0.1, 0.15) is 12.8 Å². The second-order valence-electron chi connectivity index (χ2n) is 2.49. The molecule has 0 bridgehead atoms. The molecule has 0 aromatic rings. The van der Waals surface area contributed by atoms with Crippen LogP contribution in [-0.2, 0) is 13.6 Å². The minimum absolute atomic E-state index is 0.0164. The van der Waals surface area contributed by atoms with Crippen LogP contribution in [0.2, 0.25) is 0 Å². The first-order chi connectivity index (χ1) is 6.83. The lowest BCUT2D eigenvalue weighted by molar-refractivity contribution is 0.149. The summed E-state index contributed by atoms with van der Waals surface area (Å²) in [5, 5.41) is 0. The smallest absolute Gasteiger partial charge is 0.302 e. The van der Waals surface area contributed by atoms with Crippen LogP contribution >= 0.6 is 62.9 Å². The molecule has 0 spiro atoms. The van der Waals surface area contributed by atoms with Gasteiger partial charge in [0.05, 0.1) is 17.0 Å². The summed E-state index contributed by atoms with van der Waals surface area (Å²) in [6.45, 7) is 0.0949. The van der Waals surface area contributed by atoms with Crippen LogP contribution in [0.3, 0.4) is 0 Å². The molecule has 0 saturated carbocycles. The van der Waals surface area contributed by atoms with Gasteiger partial charge in [-0.25, -0.2) is 4.57 Å². The second kappa shape index (κ2) is 8.70. The maximum absolute atomic E-state index is 11.2. The summed E-state index contributed by atoms with van der Waals surface area (Å²) in [5.74, 6) is 0. The van der Waals surface area contributed by atoms with Crippen LogP contribution in [0.15, 0.2) is 0 Å². The molecular weight excluding hydrogens is 398 g/mol. The van der Waals surface area contributed by atoms with E-state index in [0.717, 1.165) is 0 Å². The molecule has 1 N–H and O–H groups in total. The first-order valence-corrected chi connectivity index (χ1v) is 8.21. The molecule has 0 heterocycles. The van der Waals surface area contributed by atoms with Gasteiger partial charge in [0, 0.05) is 6.42 Å². The first-order valence-electron chi connectivity index (χ1n) is 4.01. The standard InChI is InChI=1S/C6H11Br2Cl2O4P/c7-5(8)1-3-13-15(11,12)14-4-2-6(9)10/h5-6H,1-4H2,(H,11,12). The summed E-state index contributed by atoms with van der Waals surface area (Å²) in [7, 11) is -3.96. The fourth-order valence-corrected chi connectivity index (χ4v) is 1.85. The molecule has 0 rings (SSSR count). The monoisotopic (exact) mass is 406 g/mol. The molecule has 15 heavy (non-hydrogen) atoms. The SMILES string of the molecule is O=P(O)(OCCC(Cl)Cl)OCCC(Br)Br. The lowest BCUT2D eigenvalue weighted by atomic mass is 10.5. The zero-order valence-electron chi connectivity index (χ0n) is 7.61. The van der Waals surface area contributed by atoms with Crippen LogP contribution in [-0.4, -0.2) is 26.7 Å². The lowest BCUT2D eigenvalue weighted by Crippen LogP contribution is -2.02. The van der Waals surface area contributed by atoms with Gasteiger partial charge in [0.15, 0.2) is 0 Å². The van der Waals surface area contributed by atoms with Crippen molar-refractivity contribution >= 4 is 62.9 Å². The third kappa shape index (κ3) is 11.9. The van der Waals surface area contributed by atoms with Gasteiger partial charge in [0.25, 0.3) is 0 Å². The fraction of sp³-hybridized carbons (Fsp3) is 1.00. The number of hydrogen-bond donors (Lipinski definition) is 1. The van der Waals surface area contributed by atoms with Gasteiger partial charge >= 0.3 is 7.82 Å². The number of rotatable bonds is 8. The zero-order chi connectivity index (χ0) is 11.9. The van der Waals surface area contributed by atoms with E-state index in [1.54, 1.807) is 0 Å². The normalized spacial score (nSPS) is 15.9. The van der Waals surface area contributed by atoms with Crippen LogP contribution in [0.5, 0.6) is 0 Å². The number of alkyl halides is 4.